The van der Waals surface area contributed by atoms with E-state index in [9.17, 15) is 19.7 Å². The second kappa shape index (κ2) is 8.32. The van der Waals surface area contributed by atoms with Crippen molar-refractivity contribution in [2.24, 2.45) is 0 Å². The Morgan fingerprint density at radius 3 is 2.44 bits per heavy atom. The van der Waals surface area contributed by atoms with E-state index in [1.807, 2.05) is 0 Å². The molecule has 0 bridgehead atoms. The summed E-state index contributed by atoms with van der Waals surface area (Å²) >= 11 is 0. The Kier molecular flexibility index (Phi) is 6.15. The molecule has 0 N–H and O–H groups in total. The van der Waals surface area contributed by atoms with Gasteiger partial charge in [0.25, 0.3) is 5.91 Å². The molecule has 0 spiro atoms. The highest BCUT2D eigenvalue weighted by atomic mass is 16.6. The molecule has 25 heavy (non-hydrogen) atoms. The minimum atomic E-state index is -0.544. The molecule has 0 aliphatic carbocycles. The summed E-state index contributed by atoms with van der Waals surface area (Å²) in [6.45, 7) is 5.05. The van der Waals surface area contributed by atoms with Gasteiger partial charge in [-0.25, -0.2) is 4.79 Å². The fourth-order valence-corrected chi connectivity index (χ4v) is 2.47. The largest absolute Gasteiger partial charge is 0.477 e. The van der Waals surface area contributed by atoms with Crippen molar-refractivity contribution >= 4 is 17.7 Å². The number of nitro groups is 1. The van der Waals surface area contributed by atoms with Crippen molar-refractivity contribution in [2.45, 2.75) is 13.8 Å². The summed E-state index contributed by atoms with van der Waals surface area (Å²) in [5.41, 5.74) is 0.627. The van der Waals surface area contributed by atoms with Crippen molar-refractivity contribution in [1.82, 2.24) is 9.80 Å². The molecule has 2 amide bonds. The molecule has 0 aromatic heterocycles. The third-order valence-electron chi connectivity index (χ3n) is 3.82. The number of amides is 2. The Morgan fingerprint density at radius 2 is 1.84 bits per heavy atom. The van der Waals surface area contributed by atoms with Gasteiger partial charge in [-0.05, 0) is 25.5 Å². The highest BCUT2D eigenvalue weighted by Gasteiger charge is 2.25. The minimum Gasteiger partial charge on any atom is -0.477 e. The van der Waals surface area contributed by atoms with Crippen LogP contribution in [-0.4, -0.2) is 66.1 Å². The SMILES string of the molecule is CCOC(=O)N1CCN(C(=O)COc2cc(C)ccc2[N+](=O)[O-])CC1. The standard InChI is InChI=1S/C16H21N3O6/c1-3-24-16(21)18-8-6-17(7-9-18)15(20)11-25-14-10-12(2)4-5-13(14)19(22)23/h4-5,10H,3,6-9,11H2,1-2H3. The predicted octanol–water partition coefficient (Wildman–Crippen LogP) is 1.58. The molecule has 1 saturated heterocycles. The molecule has 2 rings (SSSR count). The van der Waals surface area contributed by atoms with Gasteiger partial charge in [0, 0.05) is 32.2 Å². The van der Waals surface area contributed by atoms with Gasteiger partial charge in [-0.15, -0.1) is 0 Å². The molecular formula is C16H21N3O6. The molecule has 0 unspecified atom stereocenters. The van der Waals surface area contributed by atoms with Gasteiger partial charge in [-0.3, -0.25) is 14.9 Å². The summed E-state index contributed by atoms with van der Waals surface area (Å²) in [6, 6.07) is 4.50. The van der Waals surface area contributed by atoms with E-state index < -0.39 is 4.92 Å². The topological polar surface area (TPSA) is 102 Å². The molecule has 1 aromatic carbocycles. The fourth-order valence-electron chi connectivity index (χ4n) is 2.47. The Hall–Kier alpha value is -2.84. The van der Waals surface area contributed by atoms with Crippen LogP contribution in [0.3, 0.4) is 0 Å². The van der Waals surface area contributed by atoms with Crippen LogP contribution in [0.15, 0.2) is 18.2 Å². The Morgan fingerprint density at radius 1 is 1.20 bits per heavy atom. The lowest BCUT2D eigenvalue weighted by molar-refractivity contribution is -0.385. The number of hydrogen-bond acceptors (Lipinski definition) is 6. The van der Waals surface area contributed by atoms with E-state index in [0.29, 0.717) is 32.8 Å². The van der Waals surface area contributed by atoms with Gasteiger partial charge in [0.2, 0.25) is 0 Å². The second-order valence-electron chi connectivity index (χ2n) is 5.58. The molecule has 0 radical (unpaired) electrons. The minimum absolute atomic E-state index is 0.0727. The highest BCUT2D eigenvalue weighted by molar-refractivity contribution is 5.78. The van der Waals surface area contributed by atoms with E-state index >= 15 is 0 Å². The lowest BCUT2D eigenvalue weighted by atomic mass is 10.2. The third kappa shape index (κ3) is 4.82. The lowest BCUT2D eigenvalue weighted by Crippen LogP contribution is -2.51. The number of hydrogen-bond donors (Lipinski definition) is 0. The van der Waals surface area contributed by atoms with E-state index in [1.165, 1.54) is 12.1 Å². The van der Waals surface area contributed by atoms with Gasteiger partial charge in [-0.1, -0.05) is 6.07 Å². The zero-order valence-corrected chi connectivity index (χ0v) is 14.3. The van der Waals surface area contributed by atoms with Gasteiger partial charge < -0.3 is 19.3 Å². The van der Waals surface area contributed by atoms with E-state index in [-0.39, 0.29) is 30.0 Å². The summed E-state index contributed by atoms with van der Waals surface area (Å²) < 4.78 is 10.3. The fraction of sp³-hybridized carbons (Fsp3) is 0.500. The van der Waals surface area contributed by atoms with E-state index in [2.05, 4.69) is 0 Å². The summed E-state index contributed by atoms with van der Waals surface area (Å²) in [7, 11) is 0. The molecule has 1 heterocycles. The first-order chi connectivity index (χ1) is 11.9. The van der Waals surface area contributed by atoms with Gasteiger partial charge in [0.1, 0.15) is 0 Å². The number of nitro benzene ring substituents is 1. The predicted molar refractivity (Wildman–Crippen MR) is 88.5 cm³/mol. The van der Waals surface area contributed by atoms with Crippen LogP contribution < -0.4 is 4.74 Å². The molecule has 0 saturated carbocycles. The molecule has 136 valence electrons. The Bertz CT molecular complexity index is 655. The molecule has 1 aliphatic rings. The maximum absolute atomic E-state index is 12.2. The lowest BCUT2D eigenvalue weighted by Gasteiger charge is -2.33. The van der Waals surface area contributed by atoms with Crippen molar-refractivity contribution in [3.63, 3.8) is 0 Å². The van der Waals surface area contributed by atoms with Gasteiger partial charge >= 0.3 is 11.8 Å². The van der Waals surface area contributed by atoms with Crippen LogP contribution in [0.1, 0.15) is 12.5 Å². The molecule has 0 atom stereocenters. The van der Waals surface area contributed by atoms with E-state index in [0.717, 1.165) is 5.56 Å². The number of ether oxygens (including phenoxy) is 2. The summed E-state index contributed by atoms with van der Waals surface area (Å²) in [6.07, 6.45) is -0.388. The normalized spacial score (nSPS) is 14.2. The molecule has 1 fully saturated rings. The van der Waals surface area contributed by atoms with Gasteiger partial charge in [0.15, 0.2) is 12.4 Å². The number of nitrogens with zero attached hydrogens (tertiary/aromatic N) is 3. The van der Waals surface area contributed by atoms with Crippen LogP contribution >= 0.6 is 0 Å². The van der Waals surface area contributed by atoms with Gasteiger partial charge in [0.05, 0.1) is 11.5 Å². The van der Waals surface area contributed by atoms with Crippen LogP contribution in [0.2, 0.25) is 0 Å². The average molecular weight is 351 g/mol. The Labute approximate surface area is 145 Å². The maximum atomic E-state index is 12.2. The number of carbonyl (C=O) groups excluding carboxylic acids is 2. The van der Waals surface area contributed by atoms with Crippen LogP contribution in [0, 0.1) is 17.0 Å². The first kappa shape index (κ1) is 18.5. The van der Waals surface area contributed by atoms with E-state index in [4.69, 9.17) is 9.47 Å². The number of aryl methyl sites for hydroxylation is 1. The average Bonchev–Trinajstić information content (AvgIpc) is 2.59. The second-order valence-corrected chi connectivity index (χ2v) is 5.58. The van der Waals surface area contributed by atoms with Crippen molar-refractivity contribution in [3.8, 4) is 5.75 Å². The van der Waals surface area contributed by atoms with Crippen molar-refractivity contribution in [1.29, 1.82) is 0 Å². The smallest absolute Gasteiger partial charge is 0.409 e. The third-order valence-corrected chi connectivity index (χ3v) is 3.82. The van der Waals surface area contributed by atoms with Crippen LogP contribution in [-0.2, 0) is 9.53 Å². The first-order valence-corrected chi connectivity index (χ1v) is 7.99. The van der Waals surface area contributed by atoms with Crippen molar-refractivity contribution in [2.75, 3.05) is 39.4 Å². The van der Waals surface area contributed by atoms with Crippen molar-refractivity contribution in [3.05, 3.63) is 33.9 Å². The van der Waals surface area contributed by atoms with Crippen LogP contribution in [0.5, 0.6) is 5.75 Å². The number of piperazine rings is 1. The van der Waals surface area contributed by atoms with Crippen molar-refractivity contribution < 1.29 is 24.0 Å². The number of carbonyl (C=O) groups is 2. The molecule has 9 heteroatoms. The number of rotatable bonds is 5. The first-order valence-electron chi connectivity index (χ1n) is 7.99. The Balaban J connectivity index is 1.89. The van der Waals surface area contributed by atoms with Gasteiger partial charge in [-0.2, -0.15) is 0 Å². The summed E-state index contributed by atoms with van der Waals surface area (Å²) in [4.78, 5) is 37.4. The number of benzene rings is 1. The quantitative estimate of drug-likeness (QED) is 0.589. The maximum Gasteiger partial charge on any atom is 0.409 e. The monoisotopic (exact) mass is 351 g/mol. The molecule has 9 nitrogen and oxygen atoms in total. The molecule has 1 aromatic rings. The van der Waals surface area contributed by atoms with Crippen LogP contribution in [0.4, 0.5) is 10.5 Å². The highest BCUT2D eigenvalue weighted by Crippen LogP contribution is 2.27. The van der Waals surface area contributed by atoms with E-state index in [1.54, 1.807) is 29.7 Å². The molecular weight excluding hydrogens is 330 g/mol. The zero-order valence-electron chi connectivity index (χ0n) is 14.3. The summed E-state index contributed by atoms with van der Waals surface area (Å²) in [5.74, 6) is -0.206. The summed E-state index contributed by atoms with van der Waals surface area (Å²) in [5, 5.41) is 11.0. The molecule has 1 aliphatic heterocycles. The van der Waals surface area contributed by atoms with Crippen LogP contribution in [0.25, 0.3) is 0 Å². The zero-order chi connectivity index (χ0) is 18.4.